The fourth-order valence-corrected chi connectivity index (χ4v) is 2.91. The summed E-state index contributed by atoms with van der Waals surface area (Å²) in [5, 5.41) is 9.84. The Labute approximate surface area is 134 Å². The number of aliphatic hydroxyl groups excluding tert-OH is 1. The summed E-state index contributed by atoms with van der Waals surface area (Å²) in [6.45, 7) is 3.46. The number of fused-ring (bicyclic) bond motifs is 1. The van der Waals surface area contributed by atoms with E-state index in [0.717, 1.165) is 22.1 Å². The molecule has 0 spiro atoms. The minimum absolute atomic E-state index is 0.0318. The third kappa shape index (κ3) is 3.22. The van der Waals surface area contributed by atoms with Crippen molar-refractivity contribution in [3.8, 4) is 0 Å². The molecule has 122 valence electrons. The second kappa shape index (κ2) is 6.42. The minimum Gasteiger partial charge on any atom is -0.464 e. The lowest BCUT2D eigenvalue weighted by Gasteiger charge is -2.34. The predicted molar refractivity (Wildman–Crippen MR) is 84.9 cm³/mol. The minimum atomic E-state index is -0.478. The molecule has 0 bridgehead atoms. The Hall–Kier alpha value is -2.34. The van der Waals surface area contributed by atoms with Gasteiger partial charge >= 0.3 is 0 Å². The third-order valence-electron chi connectivity index (χ3n) is 4.27. The van der Waals surface area contributed by atoms with Crippen molar-refractivity contribution >= 4 is 22.8 Å². The number of furan rings is 1. The lowest BCUT2D eigenvalue weighted by molar-refractivity contribution is -0.140. The average molecular weight is 316 g/mol. The van der Waals surface area contributed by atoms with Crippen molar-refractivity contribution in [1.29, 1.82) is 0 Å². The number of rotatable bonds is 3. The second-order valence-electron chi connectivity index (χ2n) is 5.86. The molecule has 2 heterocycles. The van der Waals surface area contributed by atoms with E-state index in [1.807, 2.05) is 25.1 Å². The molecule has 0 radical (unpaired) electrons. The maximum absolute atomic E-state index is 12.5. The van der Waals surface area contributed by atoms with E-state index in [2.05, 4.69) is 0 Å². The molecule has 1 aromatic carbocycles. The van der Waals surface area contributed by atoms with E-state index < -0.39 is 6.61 Å². The zero-order chi connectivity index (χ0) is 16.4. The fourth-order valence-electron chi connectivity index (χ4n) is 2.91. The van der Waals surface area contributed by atoms with Crippen LogP contribution < -0.4 is 0 Å². The first-order chi connectivity index (χ1) is 11.1. The molecule has 23 heavy (non-hydrogen) atoms. The van der Waals surface area contributed by atoms with E-state index in [9.17, 15) is 9.59 Å². The molecule has 1 saturated heterocycles. The van der Waals surface area contributed by atoms with Crippen molar-refractivity contribution in [2.75, 3.05) is 32.8 Å². The van der Waals surface area contributed by atoms with Gasteiger partial charge in [0.2, 0.25) is 11.8 Å². The highest BCUT2D eigenvalue weighted by Gasteiger charge is 2.24. The van der Waals surface area contributed by atoms with Gasteiger partial charge in [-0.05, 0) is 18.6 Å². The third-order valence-corrected chi connectivity index (χ3v) is 4.27. The van der Waals surface area contributed by atoms with Crippen LogP contribution in [-0.4, -0.2) is 59.5 Å². The molecule has 0 aliphatic carbocycles. The van der Waals surface area contributed by atoms with Gasteiger partial charge < -0.3 is 19.3 Å². The quantitative estimate of drug-likeness (QED) is 0.915. The van der Waals surface area contributed by atoms with Crippen LogP contribution >= 0.6 is 0 Å². The van der Waals surface area contributed by atoms with Gasteiger partial charge in [-0.15, -0.1) is 0 Å². The monoisotopic (exact) mass is 316 g/mol. The molecule has 3 rings (SSSR count). The smallest absolute Gasteiger partial charge is 0.248 e. The number of carbonyl (C=O) groups is 2. The zero-order valence-corrected chi connectivity index (χ0v) is 13.1. The molecule has 1 N–H and O–H groups in total. The Morgan fingerprint density at radius 1 is 1.13 bits per heavy atom. The summed E-state index contributed by atoms with van der Waals surface area (Å²) in [6.07, 6.45) is 1.94. The molecule has 2 aromatic rings. The maximum Gasteiger partial charge on any atom is 0.248 e. The van der Waals surface area contributed by atoms with E-state index in [0.29, 0.717) is 32.6 Å². The van der Waals surface area contributed by atoms with Gasteiger partial charge in [0.1, 0.15) is 12.2 Å². The van der Waals surface area contributed by atoms with Gasteiger partial charge in [0.25, 0.3) is 0 Å². The Morgan fingerprint density at radius 2 is 1.78 bits per heavy atom. The van der Waals surface area contributed by atoms with Crippen molar-refractivity contribution in [3.63, 3.8) is 0 Å². The molecule has 1 aliphatic heterocycles. The van der Waals surface area contributed by atoms with Gasteiger partial charge in [-0.2, -0.15) is 0 Å². The summed E-state index contributed by atoms with van der Waals surface area (Å²) in [4.78, 5) is 27.2. The SMILES string of the molecule is Cc1ccc2c(CC(=O)N3CCN(C(=O)CO)CC3)coc2c1. The van der Waals surface area contributed by atoms with Gasteiger partial charge in [0.15, 0.2) is 0 Å². The summed E-state index contributed by atoms with van der Waals surface area (Å²) < 4.78 is 5.53. The van der Waals surface area contributed by atoms with E-state index in [1.165, 1.54) is 0 Å². The van der Waals surface area contributed by atoms with Crippen LogP contribution in [0, 0.1) is 6.92 Å². The molecule has 6 heteroatoms. The van der Waals surface area contributed by atoms with Crippen LogP contribution in [0.4, 0.5) is 0 Å². The van der Waals surface area contributed by atoms with Crippen molar-refractivity contribution in [2.24, 2.45) is 0 Å². The van der Waals surface area contributed by atoms with Gasteiger partial charge in [-0.3, -0.25) is 9.59 Å². The summed E-state index contributed by atoms with van der Waals surface area (Å²) >= 11 is 0. The fraction of sp³-hybridized carbons (Fsp3) is 0.412. The van der Waals surface area contributed by atoms with E-state index in [-0.39, 0.29) is 11.8 Å². The number of carbonyl (C=O) groups excluding carboxylic acids is 2. The highest BCUT2D eigenvalue weighted by atomic mass is 16.3. The average Bonchev–Trinajstić information content (AvgIpc) is 2.96. The van der Waals surface area contributed by atoms with Gasteiger partial charge in [0.05, 0.1) is 12.7 Å². The van der Waals surface area contributed by atoms with Crippen LogP contribution in [0.15, 0.2) is 28.9 Å². The molecule has 6 nitrogen and oxygen atoms in total. The first kappa shape index (κ1) is 15.6. The first-order valence-electron chi connectivity index (χ1n) is 7.71. The zero-order valence-electron chi connectivity index (χ0n) is 13.1. The van der Waals surface area contributed by atoms with E-state index >= 15 is 0 Å². The number of benzene rings is 1. The highest BCUT2D eigenvalue weighted by Crippen LogP contribution is 2.23. The summed E-state index contributed by atoms with van der Waals surface area (Å²) in [5.74, 6) is -0.252. The van der Waals surface area contributed by atoms with Crippen LogP contribution in [0.5, 0.6) is 0 Å². The Kier molecular flexibility index (Phi) is 4.34. The molecule has 1 fully saturated rings. The van der Waals surface area contributed by atoms with Crippen LogP contribution in [0.25, 0.3) is 11.0 Å². The molecular weight excluding hydrogens is 296 g/mol. The van der Waals surface area contributed by atoms with Crippen molar-refractivity contribution in [2.45, 2.75) is 13.3 Å². The summed E-state index contributed by atoms with van der Waals surface area (Å²) in [7, 11) is 0. The molecule has 2 amide bonds. The van der Waals surface area contributed by atoms with Gasteiger partial charge in [-0.25, -0.2) is 0 Å². The Balaban J connectivity index is 1.64. The number of amides is 2. The lowest BCUT2D eigenvalue weighted by Crippen LogP contribution is -2.51. The van der Waals surface area contributed by atoms with Crippen molar-refractivity contribution in [3.05, 3.63) is 35.6 Å². The van der Waals surface area contributed by atoms with Gasteiger partial charge in [0, 0.05) is 37.1 Å². The normalized spacial score (nSPS) is 15.2. The second-order valence-corrected chi connectivity index (χ2v) is 5.86. The van der Waals surface area contributed by atoms with Crippen LogP contribution in [0.1, 0.15) is 11.1 Å². The van der Waals surface area contributed by atoms with E-state index in [1.54, 1.807) is 16.1 Å². The van der Waals surface area contributed by atoms with Crippen molar-refractivity contribution in [1.82, 2.24) is 9.80 Å². The van der Waals surface area contributed by atoms with Crippen LogP contribution in [0.3, 0.4) is 0 Å². The molecule has 1 aromatic heterocycles. The van der Waals surface area contributed by atoms with Crippen LogP contribution in [0.2, 0.25) is 0 Å². The Bertz CT molecular complexity index is 729. The molecule has 0 unspecified atom stereocenters. The number of aliphatic hydroxyl groups is 1. The number of hydrogen-bond acceptors (Lipinski definition) is 4. The predicted octanol–water partition coefficient (Wildman–Crippen LogP) is 0.947. The highest BCUT2D eigenvalue weighted by molar-refractivity contribution is 5.88. The van der Waals surface area contributed by atoms with Gasteiger partial charge in [-0.1, -0.05) is 12.1 Å². The number of hydrogen-bond donors (Lipinski definition) is 1. The molecule has 0 saturated carbocycles. The molecular formula is C17H20N2O4. The van der Waals surface area contributed by atoms with E-state index in [4.69, 9.17) is 9.52 Å². The van der Waals surface area contributed by atoms with Crippen LogP contribution in [-0.2, 0) is 16.0 Å². The first-order valence-corrected chi connectivity index (χ1v) is 7.71. The standard InChI is InChI=1S/C17H20N2O4/c1-12-2-3-14-13(11-23-15(14)8-12)9-16(21)18-4-6-19(7-5-18)17(22)10-20/h2-3,8,11,20H,4-7,9-10H2,1H3. The molecule has 0 atom stereocenters. The molecule has 1 aliphatic rings. The largest absolute Gasteiger partial charge is 0.464 e. The maximum atomic E-state index is 12.5. The number of aryl methyl sites for hydroxylation is 1. The summed E-state index contributed by atoms with van der Waals surface area (Å²) in [6, 6.07) is 5.95. The summed E-state index contributed by atoms with van der Waals surface area (Å²) in [5.41, 5.74) is 2.81. The number of piperazine rings is 1. The topological polar surface area (TPSA) is 74.0 Å². The Morgan fingerprint density at radius 3 is 2.43 bits per heavy atom. The van der Waals surface area contributed by atoms with Crippen molar-refractivity contribution < 1.29 is 19.1 Å². The lowest BCUT2D eigenvalue weighted by atomic mass is 10.1. The number of nitrogens with zero attached hydrogens (tertiary/aromatic N) is 2.